The fourth-order valence-corrected chi connectivity index (χ4v) is 24.1. The average molecular weight is 682 g/mol. The third-order valence-corrected chi connectivity index (χ3v) is 26.8. The quantitative estimate of drug-likeness (QED) is 0.100. The molecule has 0 radical (unpaired) electrons. The Balaban J connectivity index is 2.01. The van der Waals surface area contributed by atoms with Crippen molar-refractivity contribution in [3.8, 4) is 11.3 Å². The number of benzene rings is 3. The molecule has 0 aliphatic carbocycles. The second-order valence-electron chi connectivity index (χ2n) is 14.1. The third-order valence-electron chi connectivity index (χ3n) is 9.88. The van der Waals surface area contributed by atoms with Crippen LogP contribution in [0.4, 0.5) is 0 Å². The predicted molar refractivity (Wildman–Crippen MR) is 193 cm³/mol. The molecule has 0 bridgehead atoms. The second kappa shape index (κ2) is 13.0. The standard InChI is InChI=1S/C31H33N2.3C3H7.Sn/c1-18(2)22-15-25(19(3)4)30(26(16-22)20(5)6)29-17-32-31-24-11-9-8-10-23(24)27-14-21(7)12-13-28(27)33(29)31;3*1-3-2;/h8-10,12-20H,1-7H3;3*1,3H2,2H3;. The van der Waals surface area contributed by atoms with Crippen LogP contribution in [-0.2, 0) is 0 Å². The first-order valence-corrected chi connectivity index (χ1v) is 24.6. The first-order valence-electron chi connectivity index (χ1n) is 17.1. The van der Waals surface area contributed by atoms with Gasteiger partial charge in [0.15, 0.2) is 0 Å². The summed E-state index contributed by atoms with van der Waals surface area (Å²) in [5, 5.41) is 4.21. The number of nitrogens with zero attached hydrogens (tertiary/aromatic N) is 2. The van der Waals surface area contributed by atoms with E-state index in [1.54, 1.807) is 3.58 Å². The van der Waals surface area contributed by atoms with E-state index in [1.807, 2.05) is 0 Å². The van der Waals surface area contributed by atoms with Crippen molar-refractivity contribution in [3.05, 3.63) is 77.0 Å². The Bertz CT molecular complexity index is 1710. The van der Waals surface area contributed by atoms with E-state index in [0.717, 1.165) is 0 Å². The maximum absolute atomic E-state index is 5.41. The summed E-state index contributed by atoms with van der Waals surface area (Å²) in [7, 11) is 0. The van der Waals surface area contributed by atoms with Crippen molar-refractivity contribution in [2.45, 2.75) is 120 Å². The Hall–Kier alpha value is -2.33. The zero-order valence-corrected chi connectivity index (χ0v) is 31.4. The summed E-state index contributed by atoms with van der Waals surface area (Å²) in [5.74, 6) is 1.34. The molecule has 0 unspecified atom stereocenters. The van der Waals surface area contributed by atoms with E-state index in [4.69, 9.17) is 4.98 Å². The molecule has 0 saturated heterocycles. The van der Waals surface area contributed by atoms with Gasteiger partial charge in [0, 0.05) is 0 Å². The van der Waals surface area contributed by atoms with Gasteiger partial charge in [-0.2, -0.15) is 0 Å². The molecule has 0 N–H and O–H groups in total. The minimum atomic E-state index is -2.74. The molecule has 2 heterocycles. The Labute approximate surface area is 265 Å². The van der Waals surface area contributed by atoms with Crippen molar-refractivity contribution in [2.24, 2.45) is 0 Å². The summed E-state index contributed by atoms with van der Waals surface area (Å²) >= 11 is -2.74. The van der Waals surface area contributed by atoms with Crippen LogP contribution in [0.3, 0.4) is 0 Å². The molecular formula is C40H54N2Sn. The summed E-state index contributed by atoms with van der Waals surface area (Å²) in [6, 6.07) is 19.3. The maximum atomic E-state index is 5.41. The predicted octanol–water partition coefficient (Wildman–Crippen LogP) is 11.9. The van der Waals surface area contributed by atoms with Gasteiger partial charge in [0.2, 0.25) is 0 Å². The molecule has 2 nitrogen and oxygen atoms in total. The van der Waals surface area contributed by atoms with Crippen LogP contribution in [0, 0.1) is 6.92 Å². The van der Waals surface area contributed by atoms with Gasteiger partial charge in [-0.1, -0.05) is 0 Å². The summed E-state index contributed by atoms with van der Waals surface area (Å²) in [5.41, 5.74) is 10.7. The van der Waals surface area contributed by atoms with Crippen LogP contribution in [0.15, 0.2) is 54.7 Å². The van der Waals surface area contributed by atoms with Gasteiger partial charge in [-0.15, -0.1) is 0 Å². The number of rotatable bonds is 11. The van der Waals surface area contributed by atoms with Crippen molar-refractivity contribution >= 4 is 49.3 Å². The van der Waals surface area contributed by atoms with Crippen LogP contribution in [0.25, 0.3) is 38.6 Å². The Kier molecular flexibility index (Phi) is 9.66. The van der Waals surface area contributed by atoms with E-state index in [9.17, 15) is 0 Å². The fraction of sp³-hybridized carbons (Fsp3) is 0.475. The minimum absolute atomic E-state index is 0.420. The van der Waals surface area contributed by atoms with E-state index in [2.05, 4.69) is 128 Å². The van der Waals surface area contributed by atoms with Gasteiger partial charge in [0.05, 0.1) is 0 Å². The van der Waals surface area contributed by atoms with Gasteiger partial charge >= 0.3 is 266 Å². The number of pyridine rings is 1. The first-order chi connectivity index (χ1) is 20.6. The molecule has 5 aromatic rings. The molecule has 43 heavy (non-hydrogen) atoms. The molecule has 0 amide bonds. The first kappa shape index (κ1) is 32.1. The summed E-state index contributed by atoms with van der Waals surface area (Å²) in [6.45, 7) is 23.5. The zero-order valence-electron chi connectivity index (χ0n) is 28.6. The molecule has 0 atom stereocenters. The molecule has 228 valence electrons. The normalized spacial score (nSPS) is 12.7. The van der Waals surface area contributed by atoms with E-state index in [0.29, 0.717) is 17.8 Å². The van der Waals surface area contributed by atoms with E-state index >= 15 is 0 Å². The van der Waals surface area contributed by atoms with E-state index in [-0.39, 0.29) is 0 Å². The molecule has 0 saturated carbocycles. The Morgan fingerprint density at radius 1 is 0.721 bits per heavy atom. The van der Waals surface area contributed by atoms with Crippen LogP contribution in [0.1, 0.15) is 122 Å². The SMILES string of the molecule is CC[CH2][Sn]([CH2]CC)([CH2]CC)[c]1cccc2c3cc(C)ccc3n3c(-c4c(C(C)C)cc(C(C)C)cc4C(C)C)cnc3c12. The number of imidazole rings is 1. The van der Waals surface area contributed by atoms with Crippen LogP contribution in [0.2, 0.25) is 13.3 Å². The molecule has 3 heteroatoms. The van der Waals surface area contributed by atoms with E-state index < -0.39 is 18.4 Å². The molecule has 3 aromatic carbocycles. The monoisotopic (exact) mass is 682 g/mol. The molecular weight excluding hydrogens is 627 g/mol. The van der Waals surface area contributed by atoms with Gasteiger partial charge in [-0.05, 0) is 0 Å². The van der Waals surface area contributed by atoms with Gasteiger partial charge in [0.1, 0.15) is 0 Å². The van der Waals surface area contributed by atoms with Crippen molar-refractivity contribution < 1.29 is 0 Å². The summed E-state index contributed by atoms with van der Waals surface area (Å²) < 4.78 is 8.54. The summed E-state index contributed by atoms with van der Waals surface area (Å²) in [6.07, 6.45) is 6.07. The van der Waals surface area contributed by atoms with Crippen LogP contribution in [-0.4, -0.2) is 27.8 Å². The van der Waals surface area contributed by atoms with Crippen LogP contribution >= 0.6 is 0 Å². The average Bonchev–Trinajstić information content (AvgIpc) is 3.41. The molecule has 0 fully saturated rings. The fourth-order valence-electron chi connectivity index (χ4n) is 7.93. The van der Waals surface area contributed by atoms with Crippen molar-refractivity contribution in [2.75, 3.05) is 0 Å². The third kappa shape index (κ3) is 5.67. The molecule has 0 aliphatic heterocycles. The van der Waals surface area contributed by atoms with Gasteiger partial charge < -0.3 is 0 Å². The second-order valence-corrected chi connectivity index (χ2v) is 27.2. The number of hydrogen-bond acceptors (Lipinski definition) is 1. The van der Waals surface area contributed by atoms with Crippen molar-refractivity contribution in [1.29, 1.82) is 0 Å². The van der Waals surface area contributed by atoms with Crippen LogP contribution in [0.5, 0.6) is 0 Å². The zero-order chi connectivity index (χ0) is 31.1. The number of aryl methyl sites for hydroxylation is 1. The Morgan fingerprint density at radius 3 is 1.86 bits per heavy atom. The van der Waals surface area contributed by atoms with Gasteiger partial charge in [0.25, 0.3) is 0 Å². The number of fused-ring (bicyclic) bond motifs is 6. The van der Waals surface area contributed by atoms with Crippen LogP contribution < -0.4 is 3.58 Å². The topological polar surface area (TPSA) is 17.3 Å². The van der Waals surface area contributed by atoms with Gasteiger partial charge in [-0.3, -0.25) is 0 Å². The number of hydrogen-bond donors (Lipinski definition) is 0. The summed E-state index contributed by atoms with van der Waals surface area (Å²) in [4.78, 5) is 5.41. The number of aromatic nitrogens is 2. The van der Waals surface area contributed by atoms with Crippen molar-refractivity contribution in [1.82, 2.24) is 9.38 Å². The van der Waals surface area contributed by atoms with Crippen molar-refractivity contribution in [3.63, 3.8) is 0 Å². The molecule has 0 aliphatic rings. The Morgan fingerprint density at radius 2 is 1.33 bits per heavy atom. The molecule has 2 aromatic heterocycles. The molecule has 0 spiro atoms. The molecule has 5 rings (SSSR count). The van der Waals surface area contributed by atoms with Gasteiger partial charge in [-0.25, -0.2) is 0 Å². The van der Waals surface area contributed by atoms with E-state index in [1.165, 1.54) is 93.4 Å².